The Balaban J connectivity index is 2.04. The van der Waals surface area contributed by atoms with Gasteiger partial charge in [-0.05, 0) is 31.6 Å². The van der Waals surface area contributed by atoms with E-state index in [-0.39, 0.29) is 5.60 Å². The number of hydrogen-bond acceptors (Lipinski definition) is 4. The van der Waals surface area contributed by atoms with Crippen LogP contribution in [0.3, 0.4) is 0 Å². The third-order valence-electron chi connectivity index (χ3n) is 4.41. The zero-order valence-electron chi connectivity index (χ0n) is 13.1. The molecule has 20 heavy (non-hydrogen) atoms. The van der Waals surface area contributed by atoms with Gasteiger partial charge in [-0.3, -0.25) is 0 Å². The van der Waals surface area contributed by atoms with E-state index >= 15 is 0 Å². The van der Waals surface area contributed by atoms with Crippen molar-refractivity contribution in [3.8, 4) is 0 Å². The summed E-state index contributed by atoms with van der Waals surface area (Å²) in [5.41, 5.74) is 1.14. The van der Waals surface area contributed by atoms with Crippen LogP contribution < -0.4 is 5.32 Å². The summed E-state index contributed by atoms with van der Waals surface area (Å²) in [5.74, 6) is 1.37. The first-order valence-electron chi connectivity index (χ1n) is 7.81. The van der Waals surface area contributed by atoms with Crippen molar-refractivity contribution < 1.29 is 4.74 Å². The van der Waals surface area contributed by atoms with E-state index < -0.39 is 0 Å². The number of rotatable bonds is 5. The molecule has 1 unspecified atom stereocenters. The molecule has 1 aliphatic heterocycles. The summed E-state index contributed by atoms with van der Waals surface area (Å²) in [6, 6.07) is 2.51. The van der Waals surface area contributed by atoms with E-state index in [1.807, 2.05) is 0 Å². The van der Waals surface area contributed by atoms with E-state index in [4.69, 9.17) is 4.74 Å². The SMILES string of the molecule is CCC1(CC)CC(Nc2cc(C(C)C)ncn2)CCO1. The summed E-state index contributed by atoms with van der Waals surface area (Å²) in [6.45, 7) is 9.57. The Hall–Kier alpha value is -1.16. The van der Waals surface area contributed by atoms with Gasteiger partial charge in [0, 0.05) is 24.4 Å². The maximum atomic E-state index is 6.02. The highest BCUT2D eigenvalue weighted by Crippen LogP contribution is 2.32. The van der Waals surface area contributed by atoms with E-state index in [1.54, 1.807) is 6.33 Å². The Kier molecular flexibility index (Phi) is 4.97. The van der Waals surface area contributed by atoms with Crippen LogP contribution in [-0.4, -0.2) is 28.2 Å². The lowest BCUT2D eigenvalue weighted by atomic mass is 9.86. The second kappa shape index (κ2) is 6.53. The number of hydrogen-bond donors (Lipinski definition) is 1. The van der Waals surface area contributed by atoms with Crippen LogP contribution >= 0.6 is 0 Å². The summed E-state index contributed by atoms with van der Waals surface area (Å²) < 4.78 is 6.02. The molecule has 0 amide bonds. The molecule has 4 heteroatoms. The lowest BCUT2D eigenvalue weighted by molar-refractivity contribution is -0.0864. The van der Waals surface area contributed by atoms with Gasteiger partial charge in [0.05, 0.1) is 5.60 Å². The number of nitrogens with zero attached hydrogens (tertiary/aromatic N) is 2. The van der Waals surface area contributed by atoms with Gasteiger partial charge in [0.1, 0.15) is 12.1 Å². The van der Waals surface area contributed by atoms with Crippen molar-refractivity contribution in [3.05, 3.63) is 18.1 Å². The molecule has 0 aromatic carbocycles. The molecule has 1 N–H and O–H groups in total. The topological polar surface area (TPSA) is 47.0 Å². The van der Waals surface area contributed by atoms with Crippen LogP contribution in [0.5, 0.6) is 0 Å². The lowest BCUT2D eigenvalue weighted by Gasteiger charge is -2.40. The predicted molar refractivity (Wildman–Crippen MR) is 82.0 cm³/mol. The van der Waals surface area contributed by atoms with Gasteiger partial charge in [0.2, 0.25) is 0 Å². The van der Waals surface area contributed by atoms with Gasteiger partial charge in [-0.1, -0.05) is 27.7 Å². The Labute approximate surface area is 122 Å². The van der Waals surface area contributed by atoms with E-state index in [0.29, 0.717) is 12.0 Å². The third kappa shape index (κ3) is 3.48. The van der Waals surface area contributed by atoms with Crippen molar-refractivity contribution >= 4 is 5.82 Å². The molecule has 0 saturated carbocycles. The molecule has 2 heterocycles. The Morgan fingerprint density at radius 1 is 1.35 bits per heavy atom. The van der Waals surface area contributed by atoms with Gasteiger partial charge in [0.25, 0.3) is 0 Å². The number of aromatic nitrogens is 2. The molecule has 4 nitrogen and oxygen atoms in total. The molecule has 1 saturated heterocycles. The van der Waals surface area contributed by atoms with Gasteiger partial charge < -0.3 is 10.1 Å². The molecule has 1 fully saturated rings. The molecule has 2 rings (SSSR count). The molecule has 0 bridgehead atoms. The van der Waals surface area contributed by atoms with E-state index in [9.17, 15) is 0 Å². The average Bonchev–Trinajstić information content (AvgIpc) is 2.47. The summed E-state index contributed by atoms with van der Waals surface area (Å²) in [6.07, 6.45) is 5.90. The Bertz CT molecular complexity index is 429. The molecule has 1 aliphatic rings. The van der Waals surface area contributed by atoms with Crippen molar-refractivity contribution in [1.29, 1.82) is 0 Å². The standard InChI is InChI=1S/C16H27N3O/c1-5-16(6-2)10-13(7-8-20-16)19-15-9-14(12(3)4)17-11-18-15/h9,11-13H,5-8,10H2,1-4H3,(H,17,18,19). The first-order chi connectivity index (χ1) is 9.58. The predicted octanol–water partition coefficient (Wildman–Crippen LogP) is 3.75. The molecule has 0 aliphatic carbocycles. The van der Waals surface area contributed by atoms with Crippen LogP contribution in [0.15, 0.2) is 12.4 Å². The zero-order chi connectivity index (χ0) is 14.6. The van der Waals surface area contributed by atoms with Crippen LogP contribution in [0.25, 0.3) is 0 Å². The summed E-state index contributed by atoms with van der Waals surface area (Å²) in [5, 5.41) is 3.57. The Morgan fingerprint density at radius 2 is 2.10 bits per heavy atom. The minimum atomic E-state index is 0.0455. The maximum absolute atomic E-state index is 6.02. The average molecular weight is 277 g/mol. The van der Waals surface area contributed by atoms with Gasteiger partial charge in [0.15, 0.2) is 0 Å². The molecule has 1 aromatic heterocycles. The monoisotopic (exact) mass is 277 g/mol. The highest BCUT2D eigenvalue weighted by atomic mass is 16.5. The van der Waals surface area contributed by atoms with Gasteiger partial charge in [-0.25, -0.2) is 9.97 Å². The minimum Gasteiger partial charge on any atom is -0.375 e. The zero-order valence-corrected chi connectivity index (χ0v) is 13.1. The normalized spacial score (nSPS) is 21.9. The third-order valence-corrected chi connectivity index (χ3v) is 4.41. The van der Waals surface area contributed by atoms with E-state index in [0.717, 1.165) is 43.8 Å². The van der Waals surface area contributed by atoms with Gasteiger partial charge in [-0.2, -0.15) is 0 Å². The van der Waals surface area contributed by atoms with Crippen molar-refractivity contribution in [1.82, 2.24) is 9.97 Å². The number of nitrogens with one attached hydrogen (secondary N) is 1. The van der Waals surface area contributed by atoms with Crippen LogP contribution in [-0.2, 0) is 4.74 Å². The lowest BCUT2D eigenvalue weighted by Crippen LogP contribution is -2.43. The minimum absolute atomic E-state index is 0.0455. The number of anilines is 1. The van der Waals surface area contributed by atoms with Crippen LogP contribution in [0.2, 0.25) is 0 Å². The molecule has 1 atom stereocenters. The summed E-state index contributed by atoms with van der Waals surface area (Å²) in [7, 11) is 0. The fourth-order valence-corrected chi connectivity index (χ4v) is 2.87. The second-order valence-corrected chi connectivity index (χ2v) is 6.06. The first kappa shape index (κ1) is 15.2. The van der Waals surface area contributed by atoms with E-state index in [2.05, 4.69) is 49.0 Å². The maximum Gasteiger partial charge on any atom is 0.129 e. The smallest absolute Gasteiger partial charge is 0.129 e. The fraction of sp³-hybridized carbons (Fsp3) is 0.750. The van der Waals surface area contributed by atoms with Crippen molar-refractivity contribution in [2.75, 3.05) is 11.9 Å². The van der Waals surface area contributed by atoms with Crippen LogP contribution in [0, 0.1) is 0 Å². The van der Waals surface area contributed by atoms with Crippen molar-refractivity contribution in [2.24, 2.45) is 0 Å². The first-order valence-corrected chi connectivity index (χ1v) is 7.81. The highest BCUT2D eigenvalue weighted by Gasteiger charge is 2.34. The molecule has 1 aromatic rings. The molecule has 0 spiro atoms. The highest BCUT2D eigenvalue weighted by molar-refractivity contribution is 5.37. The number of ether oxygens (including phenoxy) is 1. The van der Waals surface area contributed by atoms with E-state index in [1.165, 1.54) is 0 Å². The molecule has 0 radical (unpaired) electrons. The van der Waals surface area contributed by atoms with Crippen molar-refractivity contribution in [2.45, 2.75) is 70.9 Å². The van der Waals surface area contributed by atoms with Crippen LogP contribution in [0.4, 0.5) is 5.82 Å². The molecular formula is C16H27N3O. The van der Waals surface area contributed by atoms with Gasteiger partial charge in [-0.15, -0.1) is 0 Å². The second-order valence-electron chi connectivity index (χ2n) is 6.06. The quantitative estimate of drug-likeness (QED) is 0.890. The van der Waals surface area contributed by atoms with Crippen LogP contribution in [0.1, 0.15) is 65.0 Å². The fourth-order valence-electron chi connectivity index (χ4n) is 2.87. The van der Waals surface area contributed by atoms with Crippen molar-refractivity contribution in [3.63, 3.8) is 0 Å². The largest absolute Gasteiger partial charge is 0.375 e. The summed E-state index contributed by atoms with van der Waals surface area (Å²) >= 11 is 0. The summed E-state index contributed by atoms with van der Waals surface area (Å²) in [4.78, 5) is 8.67. The molecule has 112 valence electrons. The van der Waals surface area contributed by atoms with Gasteiger partial charge >= 0.3 is 0 Å². The Morgan fingerprint density at radius 3 is 2.75 bits per heavy atom. The molecular weight excluding hydrogens is 250 g/mol.